The molecular formula is C12H17F2NO. The van der Waals surface area contributed by atoms with E-state index in [9.17, 15) is 8.78 Å². The fourth-order valence-electron chi connectivity index (χ4n) is 1.39. The Balaban J connectivity index is 3.29. The molecule has 90 valence electrons. The predicted molar refractivity (Wildman–Crippen MR) is 60.5 cm³/mol. The van der Waals surface area contributed by atoms with E-state index in [0.29, 0.717) is 0 Å². The number of hydrogen-bond acceptors (Lipinski definition) is 2. The monoisotopic (exact) mass is 229 g/mol. The SMILES string of the molecule is CC(C)(C)c1cc(N)cc(C(F)(F)CO)c1. The topological polar surface area (TPSA) is 46.2 Å². The molecule has 1 rings (SSSR count). The molecule has 0 atom stereocenters. The third-order valence-corrected chi connectivity index (χ3v) is 2.44. The second-order valence-electron chi connectivity index (χ2n) is 4.96. The fraction of sp³-hybridized carbons (Fsp3) is 0.500. The van der Waals surface area contributed by atoms with Crippen LogP contribution in [-0.2, 0) is 11.3 Å². The largest absolute Gasteiger partial charge is 0.399 e. The van der Waals surface area contributed by atoms with E-state index < -0.39 is 12.5 Å². The van der Waals surface area contributed by atoms with Crippen molar-refractivity contribution >= 4 is 5.69 Å². The van der Waals surface area contributed by atoms with E-state index in [1.807, 2.05) is 20.8 Å². The first kappa shape index (κ1) is 12.9. The maximum absolute atomic E-state index is 13.3. The molecule has 0 spiro atoms. The highest BCUT2D eigenvalue weighted by molar-refractivity contribution is 5.48. The molecule has 0 heterocycles. The Morgan fingerprint density at radius 1 is 1.12 bits per heavy atom. The molecule has 0 aromatic heterocycles. The number of anilines is 1. The van der Waals surface area contributed by atoms with Crippen molar-refractivity contribution in [2.24, 2.45) is 0 Å². The van der Waals surface area contributed by atoms with E-state index in [1.165, 1.54) is 12.1 Å². The summed E-state index contributed by atoms with van der Waals surface area (Å²) in [5, 5.41) is 8.64. The van der Waals surface area contributed by atoms with Crippen molar-refractivity contribution < 1.29 is 13.9 Å². The zero-order chi connectivity index (χ0) is 12.6. The molecule has 0 aliphatic rings. The first-order valence-corrected chi connectivity index (χ1v) is 5.07. The molecule has 0 aliphatic carbocycles. The summed E-state index contributed by atoms with van der Waals surface area (Å²) in [7, 11) is 0. The number of aliphatic hydroxyl groups excluding tert-OH is 1. The molecule has 1 aromatic carbocycles. The van der Waals surface area contributed by atoms with Gasteiger partial charge in [0, 0.05) is 11.3 Å². The molecule has 16 heavy (non-hydrogen) atoms. The van der Waals surface area contributed by atoms with E-state index in [2.05, 4.69) is 0 Å². The summed E-state index contributed by atoms with van der Waals surface area (Å²) in [6, 6.07) is 4.27. The van der Waals surface area contributed by atoms with Crippen molar-refractivity contribution in [3.05, 3.63) is 29.3 Å². The van der Waals surface area contributed by atoms with Gasteiger partial charge in [-0.25, -0.2) is 0 Å². The van der Waals surface area contributed by atoms with Crippen LogP contribution >= 0.6 is 0 Å². The Labute approximate surface area is 94.1 Å². The average Bonchev–Trinajstić information content (AvgIpc) is 2.15. The molecule has 0 radical (unpaired) electrons. The lowest BCUT2D eigenvalue weighted by atomic mass is 9.85. The number of benzene rings is 1. The van der Waals surface area contributed by atoms with Crippen LogP contribution < -0.4 is 5.73 Å². The van der Waals surface area contributed by atoms with Gasteiger partial charge in [0.25, 0.3) is 5.92 Å². The van der Waals surface area contributed by atoms with Gasteiger partial charge in [-0.05, 0) is 29.2 Å². The Morgan fingerprint density at radius 2 is 1.62 bits per heavy atom. The summed E-state index contributed by atoms with van der Waals surface area (Å²) < 4.78 is 26.7. The van der Waals surface area contributed by atoms with Crippen LogP contribution in [0.4, 0.5) is 14.5 Å². The van der Waals surface area contributed by atoms with Crippen LogP contribution in [0.3, 0.4) is 0 Å². The van der Waals surface area contributed by atoms with Crippen molar-refractivity contribution in [1.82, 2.24) is 0 Å². The second kappa shape index (κ2) is 4.01. The Morgan fingerprint density at radius 3 is 2.06 bits per heavy atom. The lowest BCUT2D eigenvalue weighted by Gasteiger charge is -2.22. The van der Waals surface area contributed by atoms with Gasteiger partial charge >= 0.3 is 0 Å². The molecule has 4 heteroatoms. The van der Waals surface area contributed by atoms with Crippen LogP contribution in [-0.4, -0.2) is 11.7 Å². The zero-order valence-corrected chi connectivity index (χ0v) is 9.72. The summed E-state index contributed by atoms with van der Waals surface area (Å²) in [5.41, 5.74) is 6.12. The highest BCUT2D eigenvalue weighted by atomic mass is 19.3. The lowest BCUT2D eigenvalue weighted by Crippen LogP contribution is -2.21. The van der Waals surface area contributed by atoms with Gasteiger partial charge < -0.3 is 10.8 Å². The highest BCUT2D eigenvalue weighted by Gasteiger charge is 2.32. The first-order chi connectivity index (χ1) is 7.16. The van der Waals surface area contributed by atoms with Crippen LogP contribution in [0, 0.1) is 0 Å². The molecule has 0 aliphatic heterocycles. The molecule has 0 bridgehead atoms. The van der Waals surface area contributed by atoms with E-state index in [1.54, 1.807) is 6.07 Å². The van der Waals surface area contributed by atoms with Crippen LogP contribution in [0.25, 0.3) is 0 Å². The number of rotatable bonds is 2. The predicted octanol–water partition coefficient (Wildman–Crippen LogP) is 2.65. The number of hydrogen-bond donors (Lipinski definition) is 2. The molecular weight excluding hydrogens is 212 g/mol. The summed E-state index contributed by atoms with van der Waals surface area (Å²) in [6.07, 6.45) is 0. The number of alkyl halides is 2. The molecule has 3 N–H and O–H groups in total. The summed E-state index contributed by atoms with van der Waals surface area (Å²) >= 11 is 0. The van der Waals surface area contributed by atoms with Crippen LogP contribution in [0.2, 0.25) is 0 Å². The van der Waals surface area contributed by atoms with Crippen LogP contribution in [0.1, 0.15) is 31.9 Å². The van der Waals surface area contributed by atoms with Gasteiger partial charge in [0.05, 0.1) is 0 Å². The molecule has 1 aromatic rings. The number of halogens is 2. The first-order valence-electron chi connectivity index (χ1n) is 5.07. The normalized spacial score (nSPS) is 12.9. The van der Waals surface area contributed by atoms with Gasteiger partial charge in [-0.1, -0.05) is 20.8 Å². The standard InChI is InChI=1S/C12H17F2NO/c1-11(2,3)8-4-9(6-10(15)5-8)12(13,14)7-16/h4-6,16H,7,15H2,1-3H3. The number of nitrogens with two attached hydrogens (primary N) is 1. The second-order valence-corrected chi connectivity index (χ2v) is 4.96. The molecule has 0 saturated heterocycles. The number of aliphatic hydroxyl groups is 1. The van der Waals surface area contributed by atoms with Crippen molar-refractivity contribution in [3.8, 4) is 0 Å². The highest BCUT2D eigenvalue weighted by Crippen LogP contribution is 2.33. The number of nitrogen functional groups attached to an aromatic ring is 1. The summed E-state index contributed by atoms with van der Waals surface area (Å²) in [6.45, 7) is 4.55. The third kappa shape index (κ3) is 2.70. The lowest BCUT2D eigenvalue weighted by molar-refractivity contribution is -0.0556. The molecule has 0 saturated carbocycles. The van der Waals surface area contributed by atoms with Gasteiger partial charge in [0.1, 0.15) is 6.61 Å². The average molecular weight is 229 g/mol. The van der Waals surface area contributed by atoms with Gasteiger partial charge in [0.15, 0.2) is 0 Å². The molecule has 0 amide bonds. The van der Waals surface area contributed by atoms with E-state index in [-0.39, 0.29) is 16.7 Å². The van der Waals surface area contributed by atoms with Crippen molar-refractivity contribution in [2.45, 2.75) is 32.1 Å². The fourth-order valence-corrected chi connectivity index (χ4v) is 1.39. The summed E-state index contributed by atoms with van der Waals surface area (Å²) in [5.74, 6) is -3.24. The minimum atomic E-state index is -3.24. The van der Waals surface area contributed by atoms with Crippen molar-refractivity contribution in [3.63, 3.8) is 0 Å². The maximum Gasteiger partial charge on any atom is 0.295 e. The smallest absolute Gasteiger partial charge is 0.295 e. The van der Waals surface area contributed by atoms with Gasteiger partial charge in [-0.15, -0.1) is 0 Å². The minimum Gasteiger partial charge on any atom is -0.399 e. The Bertz CT molecular complexity index is 383. The van der Waals surface area contributed by atoms with E-state index in [0.717, 1.165) is 5.56 Å². The van der Waals surface area contributed by atoms with Gasteiger partial charge in [0.2, 0.25) is 0 Å². The maximum atomic E-state index is 13.3. The third-order valence-electron chi connectivity index (χ3n) is 2.44. The Kier molecular flexibility index (Phi) is 3.24. The minimum absolute atomic E-state index is 0.236. The van der Waals surface area contributed by atoms with E-state index >= 15 is 0 Å². The molecule has 2 nitrogen and oxygen atoms in total. The quantitative estimate of drug-likeness (QED) is 0.766. The van der Waals surface area contributed by atoms with Crippen molar-refractivity contribution in [2.75, 3.05) is 12.3 Å². The zero-order valence-electron chi connectivity index (χ0n) is 9.72. The van der Waals surface area contributed by atoms with Gasteiger partial charge in [-0.3, -0.25) is 0 Å². The summed E-state index contributed by atoms with van der Waals surface area (Å²) in [4.78, 5) is 0. The molecule has 0 unspecified atom stereocenters. The van der Waals surface area contributed by atoms with Crippen LogP contribution in [0.15, 0.2) is 18.2 Å². The molecule has 0 fully saturated rings. The van der Waals surface area contributed by atoms with Crippen LogP contribution in [0.5, 0.6) is 0 Å². The van der Waals surface area contributed by atoms with Gasteiger partial charge in [-0.2, -0.15) is 8.78 Å². The van der Waals surface area contributed by atoms with E-state index in [4.69, 9.17) is 10.8 Å². The Hall–Kier alpha value is -1.16. The van der Waals surface area contributed by atoms with Crippen molar-refractivity contribution in [1.29, 1.82) is 0 Å².